The fraction of sp³-hybridized carbons (Fsp3) is 0.150. The fourth-order valence-electron chi connectivity index (χ4n) is 3.63. The molecular weight excluding hydrogens is 344 g/mol. The summed E-state index contributed by atoms with van der Waals surface area (Å²) in [7, 11) is 0. The third-order valence-electron chi connectivity index (χ3n) is 4.89. The van der Waals surface area contributed by atoms with Gasteiger partial charge < -0.3 is 5.32 Å². The van der Waals surface area contributed by atoms with Gasteiger partial charge in [-0.3, -0.25) is 9.36 Å². The van der Waals surface area contributed by atoms with Crippen LogP contribution in [0.15, 0.2) is 60.4 Å². The van der Waals surface area contributed by atoms with Gasteiger partial charge in [-0.25, -0.2) is 9.97 Å². The van der Waals surface area contributed by atoms with Gasteiger partial charge in [-0.2, -0.15) is 0 Å². The van der Waals surface area contributed by atoms with E-state index < -0.39 is 0 Å². The third-order valence-corrected chi connectivity index (χ3v) is 5.66. The highest BCUT2D eigenvalue weighted by Crippen LogP contribution is 2.34. The summed E-state index contributed by atoms with van der Waals surface area (Å²) < 4.78 is 1.94. The number of thiazole rings is 1. The number of fused-ring (bicyclic) bond motifs is 2. The van der Waals surface area contributed by atoms with Crippen LogP contribution in [-0.4, -0.2) is 20.4 Å². The molecule has 0 saturated heterocycles. The standard InChI is InChI=1S/C20H16N4OS/c25-19(16-7-5-13-3-1-2-4-15(13)16)23-14-6-8-17-18(11-14)24(12-22-17)20-21-9-10-26-20/h1-4,6,8-12,16H,5,7H2,(H,23,25). The van der Waals surface area contributed by atoms with Gasteiger partial charge in [-0.05, 0) is 42.2 Å². The summed E-state index contributed by atoms with van der Waals surface area (Å²) in [6.07, 6.45) is 5.37. The highest BCUT2D eigenvalue weighted by molar-refractivity contribution is 7.12. The molecule has 0 saturated carbocycles. The molecule has 4 aromatic rings. The zero-order valence-electron chi connectivity index (χ0n) is 13.9. The van der Waals surface area contributed by atoms with Crippen LogP contribution in [0.4, 0.5) is 5.69 Å². The predicted octanol–water partition coefficient (Wildman–Crippen LogP) is 4.15. The normalized spacial score (nSPS) is 15.9. The van der Waals surface area contributed by atoms with Crippen molar-refractivity contribution in [1.29, 1.82) is 0 Å². The molecule has 0 radical (unpaired) electrons. The number of rotatable bonds is 3. The minimum atomic E-state index is -0.0780. The molecule has 1 aliphatic carbocycles. The lowest BCUT2D eigenvalue weighted by molar-refractivity contribution is -0.117. The Morgan fingerprint density at radius 2 is 2.12 bits per heavy atom. The Morgan fingerprint density at radius 3 is 3.00 bits per heavy atom. The van der Waals surface area contributed by atoms with E-state index in [1.165, 1.54) is 5.56 Å². The lowest BCUT2D eigenvalue weighted by Gasteiger charge is -2.12. The number of hydrogen-bond donors (Lipinski definition) is 1. The van der Waals surface area contributed by atoms with E-state index in [2.05, 4.69) is 27.4 Å². The van der Waals surface area contributed by atoms with Crippen molar-refractivity contribution in [1.82, 2.24) is 14.5 Å². The van der Waals surface area contributed by atoms with Crippen molar-refractivity contribution in [2.75, 3.05) is 5.32 Å². The molecule has 5 rings (SSSR count). The van der Waals surface area contributed by atoms with Crippen molar-refractivity contribution in [3.63, 3.8) is 0 Å². The number of amides is 1. The van der Waals surface area contributed by atoms with E-state index in [1.54, 1.807) is 23.9 Å². The molecule has 1 N–H and O–H groups in total. The first-order valence-corrected chi connectivity index (χ1v) is 9.43. The number of nitrogens with one attached hydrogen (secondary N) is 1. The number of carbonyl (C=O) groups excluding carboxylic acids is 1. The predicted molar refractivity (Wildman–Crippen MR) is 103 cm³/mol. The maximum absolute atomic E-state index is 12.8. The number of aromatic nitrogens is 3. The smallest absolute Gasteiger partial charge is 0.231 e. The molecule has 1 aliphatic rings. The van der Waals surface area contributed by atoms with Crippen molar-refractivity contribution in [2.24, 2.45) is 0 Å². The summed E-state index contributed by atoms with van der Waals surface area (Å²) in [4.78, 5) is 21.6. The molecule has 5 nitrogen and oxygen atoms in total. The molecule has 1 atom stereocenters. The minimum absolute atomic E-state index is 0.0506. The van der Waals surface area contributed by atoms with Crippen molar-refractivity contribution < 1.29 is 4.79 Å². The Bertz CT molecular complexity index is 1100. The molecule has 0 spiro atoms. The average Bonchev–Trinajstić information content (AvgIpc) is 3.40. The maximum Gasteiger partial charge on any atom is 0.231 e. The lowest BCUT2D eigenvalue weighted by Crippen LogP contribution is -2.19. The van der Waals surface area contributed by atoms with Crippen molar-refractivity contribution in [2.45, 2.75) is 18.8 Å². The second-order valence-electron chi connectivity index (χ2n) is 6.41. The number of hydrogen-bond acceptors (Lipinski definition) is 4. The Hall–Kier alpha value is -2.99. The van der Waals surface area contributed by atoms with Crippen molar-refractivity contribution in [3.8, 4) is 5.13 Å². The van der Waals surface area contributed by atoms with E-state index in [0.29, 0.717) is 0 Å². The quantitative estimate of drug-likeness (QED) is 0.597. The molecule has 2 aromatic heterocycles. The highest BCUT2D eigenvalue weighted by Gasteiger charge is 2.28. The number of carbonyl (C=O) groups is 1. The number of imidazole rings is 1. The zero-order valence-corrected chi connectivity index (χ0v) is 14.7. The molecule has 1 amide bonds. The Balaban J connectivity index is 1.45. The Labute approximate surface area is 154 Å². The van der Waals surface area contributed by atoms with Crippen LogP contribution in [0, 0.1) is 0 Å². The molecule has 0 aliphatic heterocycles. The average molecular weight is 360 g/mol. The topological polar surface area (TPSA) is 59.8 Å². The van der Waals surface area contributed by atoms with Crippen LogP contribution in [0.3, 0.4) is 0 Å². The number of benzene rings is 2. The van der Waals surface area contributed by atoms with Crippen molar-refractivity contribution >= 4 is 34.0 Å². The molecule has 128 valence electrons. The number of nitrogens with zero attached hydrogens (tertiary/aromatic N) is 3. The maximum atomic E-state index is 12.8. The second kappa shape index (κ2) is 6.07. The minimum Gasteiger partial charge on any atom is -0.325 e. The van der Waals surface area contributed by atoms with Crippen molar-refractivity contribution in [3.05, 3.63) is 71.5 Å². The summed E-state index contributed by atoms with van der Waals surface area (Å²) >= 11 is 1.55. The van der Waals surface area contributed by atoms with Crippen LogP contribution in [0.1, 0.15) is 23.5 Å². The SMILES string of the molecule is O=C(Nc1ccc2ncn(-c3nccs3)c2c1)C1CCc2ccccc21. The van der Waals surface area contributed by atoms with Gasteiger partial charge in [0.15, 0.2) is 5.13 Å². The van der Waals surface area contributed by atoms with Crippen LogP contribution in [0.5, 0.6) is 0 Å². The van der Waals surface area contributed by atoms with E-state index in [9.17, 15) is 4.79 Å². The van der Waals surface area contributed by atoms with E-state index >= 15 is 0 Å². The van der Waals surface area contributed by atoms with E-state index in [-0.39, 0.29) is 11.8 Å². The van der Waals surface area contributed by atoms with E-state index in [0.717, 1.165) is 40.3 Å². The van der Waals surface area contributed by atoms with Gasteiger partial charge in [-0.15, -0.1) is 11.3 Å². The molecule has 1 unspecified atom stereocenters. The third kappa shape index (κ3) is 2.50. The van der Waals surface area contributed by atoms with Gasteiger partial charge in [0.05, 0.1) is 17.0 Å². The fourth-order valence-corrected chi connectivity index (χ4v) is 4.26. The summed E-state index contributed by atoms with van der Waals surface area (Å²) in [6.45, 7) is 0. The highest BCUT2D eigenvalue weighted by atomic mass is 32.1. The van der Waals surface area contributed by atoms with Gasteiger partial charge in [-0.1, -0.05) is 24.3 Å². The van der Waals surface area contributed by atoms with Crippen LogP contribution in [-0.2, 0) is 11.2 Å². The molecule has 26 heavy (non-hydrogen) atoms. The Morgan fingerprint density at radius 1 is 1.19 bits per heavy atom. The summed E-state index contributed by atoms with van der Waals surface area (Å²) in [5.74, 6) is -0.0274. The molecule has 2 heterocycles. The van der Waals surface area contributed by atoms with Gasteiger partial charge in [0.1, 0.15) is 6.33 Å². The number of aryl methyl sites for hydroxylation is 1. The lowest BCUT2D eigenvalue weighted by atomic mass is 10.0. The first-order chi connectivity index (χ1) is 12.8. The zero-order chi connectivity index (χ0) is 17.5. The molecule has 0 bridgehead atoms. The van der Waals surface area contributed by atoms with Crippen LogP contribution < -0.4 is 5.32 Å². The molecular formula is C20H16N4OS. The molecule has 0 fully saturated rings. The first kappa shape index (κ1) is 15.3. The molecule has 2 aromatic carbocycles. The van der Waals surface area contributed by atoms with Crippen LogP contribution in [0.25, 0.3) is 16.2 Å². The van der Waals surface area contributed by atoms with Gasteiger partial charge in [0.25, 0.3) is 0 Å². The Kier molecular flexibility index (Phi) is 3.57. The van der Waals surface area contributed by atoms with Crippen LogP contribution >= 0.6 is 11.3 Å². The molecule has 6 heteroatoms. The number of anilines is 1. The summed E-state index contributed by atoms with van der Waals surface area (Å²) in [5, 5.41) is 5.88. The van der Waals surface area contributed by atoms with Gasteiger partial charge >= 0.3 is 0 Å². The van der Waals surface area contributed by atoms with Crippen LogP contribution in [0.2, 0.25) is 0 Å². The summed E-state index contributed by atoms with van der Waals surface area (Å²) in [6, 6.07) is 14.0. The van der Waals surface area contributed by atoms with Gasteiger partial charge in [0.2, 0.25) is 5.91 Å². The first-order valence-electron chi connectivity index (χ1n) is 8.55. The second-order valence-corrected chi connectivity index (χ2v) is 7.29. The largest absolute Gasteiger partial charge is 0.325 e. The van der Waals surface area contributed by atoms with E-state index in [1.807, 2.05) is 40.3 Å². The van der Waals surface area contributed by atoms with Gasteiger partial charge in [0, 0.05) is 17.3 Å². The summed E-state index contributed by atoms with van der Waals surface area (Å²) in [5.41, 5.74) is 5.03. The monoisotopic (exact) mass is 360 g/mol. The van der Waals surface area contributed by atoms with E-state index in [4.69, 9.17) is 0 Å².